The molecule has 0 amide bonds. The first kappa shape index (κ1) is 13.5. The molecular weight excluding hydrogens is 266 g/mol. The summed E-state index contributed by atoms with van der Waals surface area (Å²) in [5.74, 6) is 1.60. The zero-order chi connectivity index (χ0) is 14.5. The van der Waals surface area contributed by atoms with E-state index in [4.69, 9.17) is 0 Å². The Balaban J connectivity index is 1.66. The van der Waals surface area contributed by atoms with Crippen LogP contribution in [0.5, 0.6) is 0 Å². The summed E-state index contributed by atoms with van der Waals surface area (Å²) >= 11 is 0. The molecule has 0 saturated carbocycles. The van der Waals surface area contributed by atoms with Gasteiger partial charge in [-0.25, -0.2) is 4.98 Å². The smallest absolute Gasteiger partial charge is 0.254 e. The second-order valence-electron chi connectivity index (χ2n) is 4.97. The van der Waals surface area contributed by atoms with Gasteiger partial charge in [0.1, 0.15) is 12.1 Å². The number of hydrogen-bond acceptors (Lipinski definition) is 5. The van der Waals surface area contributed by atoms with Crippen LogP contribution in [0.2, 0.25) is 0 Å². The van der Waals surface area contributed by atoms with Gasteiger partial charge < -0.3 is 5.32 Å². The van der Waals surface area contributed by atoms with Crippen LogP contribution in [0, 0.1) is 0 Å². The zero-order valence-electron chi connectivity index (χ0n) is 12.1. The third-order valence-corrected chi connectivity index (χ3v) is 3.30. The molecule has 3 rings (SSSR count). The predicted octanol–water partition coefficient (Wildman–Crippen LogP) is 1.84. The Bertz CT molecular complexity index is 686. The Morgan fingerprint density at radius 2 is 2.29 bits per heavy atom. The fourth-order valence-electron chi connectivity index (χ4n) is 2.29. The largest absolute Gasteiger partial charge is 0.370 e. The molecule has 2 N–H and O–H groups in total. The summed E-state index contributed by atoms with van der Waals surface area (Å²) in [4.78, 5) is 8.67. The number of rotatable bonds is 7. The van der Waals surface area contributed by atoms with E-state index in [1.54, 1.807) is 10.7 Å². The molecule has 21 heavy (non-hydrogen) atoms. The van der Waals surface area contributed by atoms with Gasteiger partial charge in [-0.1, -0.05) is 13.3 Å². The number of nitrogens with one attached hydrogen (secondary N) is 2. The molecule has 0 spiro atoms. The average Bonchev–Trinajstić information content (AvgIpc) is 3.14. The molecule has 0 aliphatic heterocycles. The van der Waals surface area contributed by atoms with E-state index in [1.165, 1.54) is 6.33 Å². The van der Waals surface area contributed by atoms with Crippen molar-refractivity contribution in [3.63, 3.8) is 0 Å². The Labute approximate surface area is 122 Å². The van der Waals surface area contributed by atoms with E-state index < -0.39 is 0 Å². The molecule has 0 atom stereocenters. The van der Waals surface area contributed by atoms with Crippen LogP contribution < -0.4 is 5.32 Å². The van der Waals surface area contributed by atoms with Gasteiger partial charge in [0.15, 0.2) is 0 Å². The van der Waals surface area contributed by atoms with E-state index >= 15 is 0 Å². The molecule has 7 nitrogen and oxygen atoms in total. The monoisotopic (exact) mass is 285 g/mol. The van der Waals surface area contributed by atoms with Crippen molar-refractivity contribution < 1.29 is 0 Å². The molecule has 0 fully saturated rings. The van der Waals surface area contributed by atoms with Crippen molar-refractivity contribution in [3.8, 4) is 0 Å². The fraction of sp³-hybridized carbons (Fsp3) is 0.429. The first-order chi connectivity index (χ1) is 10.4. The fourth-order valence-corrected chi connectivity index (χ4v) is 2.29. The molecule has 0 aliphatic rings. The molecule has 0 aliphatic carbocycles. The van der Waals surface area contributed by atoms with E-state index in [1.807, 2.05) is 6.07 Å². The van der Waals surface area contributed by atoms with E-state index in [0.29, 0.717) is 5.78 Å². The first-order valence-corrected chi connectivity index (χ1v) is 7.28. The van der Waals surface area contributed by atoms with Crippen LogP contribution >= 0.6 is 0 Å². The van der Waals surface area contributed by atoms with E-state index in [9.17, 15) is 0 Å². The van der Waals surface area contributed by atoms with Gasteiger partial charge in [-0.2, -0.15) is 19.7 Å². The molecule has 0 bridgehead atoms. The zero-order valence-corrected chi connectivity index (χ0v) is 12.1. The summed E-state index contributed by atoms with van der Waals surface area (Å²) in [7, 11) is 0. The van der Waals surface area contributed by atoms with E-state index in [-0.39, 0.29) is 0 Å². The lowest BCUT2D eigenvalue weighted by Gasteiger charge is -2.09. The maximum absolute atomic E-state index is 4.49. The minimum Gasteiger partial charge on any atom is -0.370 e. The lowest BCUT2D eigenvalue weighted by atomic mass is 10.2. The van der Waals surface area contributed by atoms with Crippen molar-refractivity contribution in [2.24, 2.45) is 0 Å². The third kappa shape index (κ3) is 3.18. The second-order valence-corrected chi connectivity index (χ2v) is 4.97. The second kappa shape index (κ2) is 6.34. The molecule has 3 heterocycles. The Kier molecular flexibility index (Phi) is 4.09. The Morgan fingerprint density at radius 3 is 3.10 bits per heavy atom. The van der Waals surface area contributed by atoms with Crippen LogP contribution in [0.3, 0.4) is 0 Å². The molecule has 110 valence electrons. The molecule has 0 radical (unpaired) electrons. The van der Waals surface area contributed by atoms with Gasteiger partial charge in [-0.3, -0.25) is 5.10 Å². The van der Waals surface area contributed by atoms with Crippen LogP contribution in [0.4, 0.5) is 5.82 Å². The van der Waals surface area contributed by atoms with E-state index in [2.05, 4.69) is 43.6 Å². The van der Waals surface area contributed by atoms with Crippen LogP contribution in [-0.4, -0.2) is 36.3 Å². The quantitative estimate of drug-likeness (QED) is 0.647. The highest BCUT2D eigenvalue weighted by Crippen LogP contribution is 2.12. The highest BCUT2D eigenvalue weighted by Gasteiger charge is 2.06. The number of aryl methyl sites for hydroxylation is 2. The summed E-state index contributed by atoms with van der Waals surface area (Å²) in [6.45, 7) is 3.01. The van der Waals surface area contributed by atoms with Crippen molar-refractivity contribution >= 4 is 11.6 Å². The van der Waals surface area contributed by atoms with Gasteiger partial charge in [-0.15, -0.1) is 0 Å². The SMILES string of the molecule is CCCc1cc(NCCCc2ccn[nH]2)n2ncnc2n1. The summed E-state index contributed by atoms with van der Waals surface area (Å²) in [6.07, 6.45) is 7.32. The summed E-state index contributed by atoms with van der Waals surface area (Å²) < 4.78 is 1.75. The number of aromatic nitrogens is 6. The topological polar surface area (TPSA) is 83.8 Å². The molecule has 3 aromatic heterocycles. The minimum atomic E-state index is 0.650. The number of nitrogens with zero attached hydrogens (tertiary/aromatic N) is 5. The Hall–Kier alpha value is -2.44. The van der Waals surface area contributed by atoms with Crippen LogP contribution in [0.1, 0.15) is 31.2 Å². The summed E-state index contributed by atoms with van der Waals surface area (Å²) in [5.41, 5.74) is 2.21. The molecular formula is C14H19N7. The standard InChI is InChI=1S/C14H19N7/c1-2-4-12-9-13(21-14(19-12)16-10-18-21)15-7-3-5-11-6-8-17-20-11/h6,8-10,15H,2-5,7H2,1H3,(H,17,20). The predicted molar refractivity (Wildman–Crippen MR) is 80.2 cm³/mol. The minimum absolute atomic E-state index is 0.650. The normalized spacial score (nSPS) is 11.1. The molecule has 3 aromatic rings. The number of H-pyrrole nitrogens is 1. The molecule has 7 heteroatoms. The maximum Gasteiger partial charge on any atom is 0.254 e. The Morgan fingerprint density at radius 1 is 1.33 bits per heavy atom. The van der Waals surface area contributed by atoms with Crippen LogP contribution in [-0.2, 0) is 12.8 Å². The summed E-state index contributed by atoms with van der Waals surface area (Å²) in [6, 6.07) is 4.06. The number of fused-ring (bicyclic) bond motifs is 1. The average molecular weight is 285 g/mol. The first-order valence-electron chi connectivity index (χ1n) is 7.28. The van der Waals surface area contributed by atoms with Gasteiger partial charge >= 0.3 is 0 Å². The number of anilines is 1. The van der Waals surface area contributed by atoms with Crippen molar-refractivity contribution in [1.29, 1.82) is 0 Å². The summed E-state index contributed by atoms with van der Waals surface area (Å²) in [5, 5.41) is 14.6. The van der Waals surface area contributed by atoms with Crippen LogP contribution in [0.15, 0.2) is 24.7 Å². The molecule has 0 unspecified atom stereocenters. The lowest BCUT2D eigenvalue weighted by molar-refractivity contribution is 0.809. The third-order valence-electron chi connectivity index (χ3n) is 3.30. The van der Waals surface area contributed by atoms with Gasteiger partial charge in [0.05, 0.1) is 0 Å². The van der Waals surface area contributed by atoms with Crippen molar-refractivity contribution in [3.05, 3.63) is 36.0 Å². The maximum atomic E-state index is 4.49. The van der Waals surface area contributed by atoms with Gasteiger partial charge in [0, 0.05) is 30.2 Å². The van der Waals surface area contributed by atoms with Gasteiger partial charge in [-0.05, 0) is 25.3 Å². The van der Waals surface area contributed by atoms with Crippen molar-refractivity contribution in [2.75, 3.05) is 11.9 Å². The highest BCUT2D eigenvalue weighted by atomic mass is 15.3. The molecule has 0 saturated heterocycles. The van der Waals surface area contributed by atoms with E-state index in [0.717, 1.165) is 49.4 Å². The van der Waals surface area contributed by atoms with Gasteiger partial charge in [0.25, 0.3) is 5.78 Å². The number of hydrogen-bond donors (Lipinski definition) is 2. The highest BCUT2D eigenvalue weighted by molar-refractivity contribution is 5.44. The van der Waals surface area contributed by atoms with Crippen molar-refractivity contribution in [1.82, 2.24) is 29.8 Å². The molecule has 0 aromatic carbocycles. The lowest BCUT2D eigenvalue weighted by Crippen LogP contribution is -2.09. The number of aromatic amines is 1. The van der Waals surface area contributed by atoms with Crippen LogP contribution in [0.25, 0.3) is 5.78 Å². The van der Waals surface area contributed by atoms with Gasteiger partial charge in [0.2, 0.25) is 0 Å². The van der Waals surface area contributed by atoms with Crippen molar-refractivity contribution in [2.45, 2.75) is 32.6 Å².